The van der Waals surface area contributed by atoms with Crippen molar-refractivity contribution in [2.24, 2.45) is 5.92 Å². The Morgan fingerprint density at radius 2 is 1.81 bits per heavy atom. The van der Waals surface area contributed by atoms with Crippen molar-refractivity contribution in [3.63, 3.8) is 0 Å². The maximum atomic E-state index is 11.9. The minimum atomic E-state index is 0.0416. The van der Waals surface area contributed by atoms with Gasteiger partial charge < -0.3 is 4.57 Å². The predicted octanol–water partition coefficient (Wildman–Crippen LogP) is 3.32. The highest BCUT2D eigenvalue weighted by molar-refractivity contribution is 5.97. The second-order valence-electron chi connectivity index (χ2n) is 4.16. The van der Waals surface area contributed by atoms with Gasteiger partial charge in [0, 0.05) is 29.6 Å². The summed E-state index contributed by atoms with van der Waals surface area (Å²) < 4.78 is 2.00. The first kappa shape index (κ1) is 10.7. The Labute approximate surface area is 95.5 Å². The van der Waals surface area contributed by atoms with Crippen LogP contribution in [0.4, 0.5) is 0 Å². The summed E-state index contributed by atoms with van der Waals surface area (Å²) in [6, 6.07) is 11.7. The Bertz CT molecular complexity index is 483. The number of nitrogens with zero attached hydrogens (tertiary/aromatic N) is 1. The molecule has 16 heavy (non-hydrogen) atoms. The maximum absolute atomic E-state index is 11.9. The zero-order valence-corrected chi connectivity index (χ0v) is 9.55. The largest absolute Gasteiger partial charge is 0.324 e. The van der Waals surface area contributed by atoms with Crippen LogP contribution in [-0.4, -0.2) is 10.4 Å². The Morgan fingerprint density at radius 3 is 2.44 bits per heavy atom. The van der Waals surface area contributed by atoms with Crippen molar-refractivity contribution in [1.29, 1.82) is 0 Å². The number of rotatable bonds is 3. The molecule has 0 amide bonds. The Balaban J connectivity index is 2.37. The second kappa shape index (κ2) is 4.35. The molecule has 0 radical (unpaired) electrons. The Kier molecular flexibility index (Phi) is 2.91. The van der Waals surface area contributed by atoms with Crippen molar-refractivity contribution in [2.75, 3.05) is 0 Å². The van der Waals surface area contributed by atoms with E-state index in [9.17, 15) is 4.79 Å². The zero-order chi connectivity index (χ0) is 11.5. The van der Waals surface area contributed by atoms with Crippen LogP contribution in [0.25, 0.3) is 5.69 Å². The minimum Gasteiger partial charge on any atom is -0.324 e. The molecule has 0 unspecified atom stereocenters. The minimum absolute atomic E-state index is 0.0416. The van der Waals surface area contributed by atoms with E-state index < -0.39 is 0 Å². The molecule has 0 aliphatic rings. The van der Waals surface area contributed by atoms with Gasteiger partial charge in [-0.2, -0.15) is 0 Å². The first-order chi connectivity index (χ1) is 7.68. The molecule has 0 aliphatic heterocycles. The van der Waals surface area contributed by atoms with E-state index in [0.29, 0.717) is 0 Å². The quantitative estimate of drug-likeness (QED) is 0.717. The summed E-state index contributed by atoms with van der Waals surface area (Å²) >= 11 is 0. The summed E-state index contributed by atoms with van der Waals surface area (Å²) in [6.45, 7) is 3.84. The van der Waals surface area contributed by atoms with Crippen LogP contribution in [0.1, 0.15) is 24.2 Å². The van der Waals surface area contributed by atoms with Gasteiger partial charge in [0.2, 0.25) is 0 Å². The van der Waals surface area contributed by atoms with Crippen molar-refractivity contribution in [3.05, 3.63) is 54.4 Å². The van der Waals surface area contributed by atoms with Crippen molar-refractivity contribution in [3.8, 4) is 5.69 Å². The average molecular weight is 213 g/mol. The highest BCUT2D eigenvalue weighted by Crippen LogP contribution is 2.14. The number of Topliss-reactive ketones (excluding diaryl/α,β-unsaturated/α-hetero) is 1. The van der Waals surface area contributed by atoms with Gasteiger partial charge in [-0.05, 0) is 24.3 Å². The lowest BCUT2D eigenvalue weighted by molar-refractivity contribution is 0.0939. The predicted molar refractivity (Wildman–Crippen MR) is 64.9 cm³/mol. The lowest BCUT2D eigenvalue weighted by Gasteiger charge is -2.07. The average Bonchev–Trinajstić information content (AvgIpc) is 2.81. The molecule has 0 saturated carbocycles. The van der Waals surface area contributed by atoms with Gasteiger partial charge in [0.15, 0.2) is 5.78 Å². The van der Waals surface area contributed by atoms with Crippen LogP contribution >= 0.6 is 0 Å². The van der Waals surface area contributed by atoms with Crippen LogP contribution in [0.5, 0.6) is 0 Å². The van der Waals surface area contributed by atoms with E-state index in [4.69, 9.17) is 0 Å². The highest BCUT2D eigenvalue weighted by atomic mass is 16.1. The normalized spacial score (nSPS) is 10.7. The van der Waals surface area contributed by atoms with E-state index in [0.717, 1.165) is 11.3 Å². The molecule has 0 aliphatic carbocycles. The van der Waals surface area contributed by atoms with Crippen LogP contribution in [0, 0.1) is 5.92 Å². The summed E-state index contributed by atoms with van der Waals surface area (Å²) in [5.41, 5.74) is 1.80. The van der Waals surface area contributed by atoms with Crippen molar-refractivity contribution >= 4 is 5.78 Å². The second-order valence-corrected chi connectivity index (χ2v) is 4.16. The number of carbonyl (C=O) groups excluding carboxylic acids is 1. The van der Waals surface area contributed by atoms with Gasteiger partial charge in [-0.25, -0.2) is 0 Å². The van der Waals surface area contributed by atoms with Crippen molar-refractivity contribution < 1.29 is 4.79 Å². The van der Waals surface area contributed by atoms with Gasteiger partial charge in [-0.15, -0.1) is 0 Å². The molecular formula is C14H15NO. The Morgan fingerprint density at radius 1 is 1.12 bits per heavy atom. The number of hydrogen-bond acceptors (Lipinski definition) is 1. The molecule has 0 spiro atoms. The van der Waals surface area contributed by atoms with Gasteiger partial charge in [0.25, 0.3) is 0 Å². The van der Waals surface area contributed by atoms with Crippen LogP contribution in [0.2, 0.25) is 0 Å². The van der Waals surface area contributed by atoms with E-state index >= 15 is 0 Å². The van der Waals surface area contributed by atoms with Crippen molar-refractivity contribution in [2.45, 2.75) is 13.8 Å². The number of hydrogen-bond donors (Lipinski definition) is 0. The summed E-state index contributed by atoms with van der Waals surface area (Å²) in [7, 11) is 0. The van der Waals surface area contributed by atoms with Gasteiger partial charge in [0.05, 0.1) is 0 Å². The maximum Gasteiger partial charge on any atom is 0.165 e. The van der Waals surface area contributed by atoms with Gasteiger partial charge in [-0.1, -0.05) is 26.0 Å². The first-order valence-electron chi connectivity index (χ1n) is 5.46. The molecule has 0 atom stereocenters. The number of benzene rings is 1. The molecule has 1 heterocycles. The monoisotopic (exact) mass is 213 g/mol. The summed E-state index contributed by atoms with van der Waals surface area (Å²) in [4.78, 5) is 11.9. The molecule has 2 heteroatoms. The van der Waals surface area contributed by atoms with E-state index in [1.165, 1.54) is 0 Å². The zero-order valence-electron chi connectivity index (χ0n) is 9.55. The molecule has 2 aromatic rings. The smallest absolute Gasteiger partial charge is 0.165 e. The van der Waals surface area contributed by atoms with Crippen LogP contribution < -0.4 is 0 Å². The molecular weight excluding hydrogens is 198 g/mol. The first-order valence-corrected chi connectivity index (χ1v) is 5.46. The highest BCUT2D eigenvalue weighted by Gasteiger charge is 2.10. The molecule has 0 N–H and O–H groups in total. The molecule has 0 saturated heterocycles. The van der Waals surface area contributed by atoms with E-state index in [1.54, 1.807) is 0 Å². The van der Waals surface area contributed by atoms with E-state index in [1.807, 2.05) is 67.2 Å². The van der Waals surface area contributed by atoms with E-state index in [-0.39, 0.29) is 11.7 Å². The van der Waals surface area contributed by atoms with Crippen LogP contribution in [-0.2, 0) is 0 Å². The SMILES string of the molecule is CC(C)C(=O)c1cccc(-n2cccc2)c1. The van der Waals surface area contributed by atoms with Crippen molar-refractivity contribution in [1.82, 2.24) is 4.57 Å². The lowest BCUT2D eigenvalue weighted by atomic mass is 10.0. The number of aromatic nitrogens is 1. The topological polar surface area (TPSA) is 22.0 Å². The fourth-order valence-corrected chi connectivity index (χ4v) is 1.66. The van der Waals surface area contributed by atoms with Gasteiger partial charge in [-0.3, -0.25) is 4.79 Å². The fraction of sp³-hybridized carbons (Fsp3) is 0.214. The number of carbonyl (C=O) groups is 1. The summed E-state index contributed by atoms with van der Waals surface area (Å²) in [5, 5.41) is 0. The van der Waals surface area contributed by atoms with Crippen LogP contribution in [0.3, 0.4) is 0 Å². The molecule has 82 valence electrons. The van der Waals surface area contributed by atoms with Gasteiger partial charge in [0.1, 0.15) is 0 Å². The van der Waals surface area contributed by atoms with E-state index in [2.05, 4.69) is 0 Å². The Hall–Kier alpha value is -1.83. The van der Waals surface area contributed by atoms with Crippen LogP contribution in [0.15, 0.2) is 48.8 Å². The standard InChI is InChI=1S/C14H15NO/c1-11(2)14(16)12-6-5-7-13(10-12)15-8-3-4-9-15/h3-11H,1-2H3. The molecule has 1 aromatic heterocycles. The molecule has 1 aromatic carbocycles. The third-order valence-corrected chi connectivity index (χ3v) is 2.56. The number of ketones is 1. The molecule has 0 bridgehead atoms. The molecule has 0 fully saturated rings. The fourth-order valence-electron chi connectivity index (χ4n) is 1.66. The molecule has 2 nitrogen and oxygen atoms in total. The third kappa shape index (κ3) is 2.06. The summed E-state index contributed by atoms with van der Waals surface area (Å²) in [6.07, 6.45) is 3.94. The van der Waals surface area contributed by atoms with Gasteiger partial charge >= 0.3 is 0 Å². The molecule has 2 rings (SSSR count). The lowest BCUT2D eigenvalue weighted by Crippen LogP contribution is -2.07. The third-order valence-electron chi connectivity index (χ3n) is 2.56. The summed E-state index contributed by atoms with van der Waals surface area (Å²) in [5.74, 6) is 0.230.